The molecule has 0 spiro atoms. The van der Waals surface area contributed by atoms with Gasteiger partial charge < -0.3 is 4.74 Å². The maximum Gasteiger partial charge on any atom is 0.222 e. The van der Waals surface area contributed by atoms with Crippen LogP contribution in [0.3, 0.4) is 0 Å². The molecule has 4 heteroatoms. The van der Waals surface area contributed by atoms with Crippen LogP contribution >= 0.6 is 15.9 Å². The Morgan fingerprint density at radius 1 is 1.22 bits per heavy atom. The van der Waals surface area contributed by atoms with Gasteiger partial charge in [-0.15, -0.1) is 0 Å². The molecule has 0 N–H and O–H groups in total. The van der Waals surface area contributed by atoms with E-state index >= 15 is 0 Å². The van der Waals surface area contributed by atoms with Crippen LogP contribution in [0.15, 0.2) is 34.9 Å². The Labute approximate surface area is 114 Å². The minimum atomic E-state index is 0.519. The summed E-state index contributed by atoms with van der Waals surface area (Å²) in [6.07, 6.45) is 2.28. The molecular formula is C14H12BrNO2. The Hall–Kier alpha value is -1.68. The van der Waals surface area contributed by atoms with E-state index in [0.717, 1.165) is 27.6 Å². The summed E-state index contributed by atoms with van der Waals surface area (Å²) >= 11 is 3.41. The highest BCUT2D eigenvalue weighted by Gasteiger charge is 2.06. The molecule has 2 aromatic rings. The number of hydrogen-bond donors (Lipinski definition) is 0. The largest absolute Gasteiger partial charge is 0.438 e. The quantitative estimate of drug-likeness (QED) is 0.803. The SMILES string of the molecule is Cc1cc(Br)ccc1Oc1ncc(C=O)cc1C. The fourth-order valence-corrected chi connectivity index (χ4v) is 2.06. The van der Waals surface area contributed by atoms with Crippen molar-refractivity contribution in [2.45, 2.75) is 13.8 Å². The van der Waals surface area contributed by atoms with E-state index in [1.54, 1.807) is 6.07 Å². The second kappa shape index (κ2) is 5.31. The van der Waals surface area contributed by atoms with Gasteiger partial charge in [0, 0.05) is 21.8 Å². The van der Waals surface area contributed by atoms with E-state index in [9.17, 15) is 4.79 Å². The van der Waals surface area contributed by atoms with Crippen molar-refractivity contribution in [1.82, 2.24) is 4.98 Å². The van der Waals surface area contributed by atoms with Crippen LogP contribution in [0.4, 0.5) is 0 Å². The zero-order chi connectivity index (χ0) is 13.1. The van der Waals surface area contributed by atoms with Crippen LogP contribution in [0.2, 0.25) is 0 Å². The zero-order valence-electron chi connectivity index (χ0n) is 10.1. The molecule has 0 amide bonds. The number of benzene rings is 1. The molecular weight excluding hydrogens is 294 g/mol. The van der Waals surface area contributed by atoms with Gasteiger partial charge in [0.25, 0.3) is 0 Å². The fourth-order valence-electron chi connectivity index (χ4n) is 1.59. The second-order valence-electron chi connectivity index (χ2n) is 4.02. The first-order valence-electron chi connectivity index (χ1n) is 5.46. The molecule has 0 bridgehead atoms. The van der Waals surface area contributed by atoms with E-state index in [4.69, 9.17) is 4.74 Å². The highest BCUT2D eigenvalue weighted by Crippen LogP contribution is 2.28. The molecule has 0 unspecified atom stereocenters. The third-order valence-electron chi connectivity index (χ3n) is 2.53. The van der Waals surface area contributed by atoms with Crippen LogP contribution in [0.5, 0.6) is 11.6 Å². The highest BCUT2D eigenvalue weighted by molar-refractivity contribution is 9.10. The van der Waals surface area contributed by atoms with Gasteiger partial charge in [-0.1, -0.05) is 15.9 Å². The molecule has 1 aromatic carbocycles. The highest BCUT2D eigenvalue weighted by atomic mass is 79.9. The number of nitrogens with zero attached hydrogens (tertiary/aromatic N) is 1. The Morgan fingerprint density at radius 3 is 2.61 bits per heavy atom. The minimum absolute atomic E-state index is 0.519. The van der Waals surface area contributed by atoms with Crippen molar-refractivity contribution in [3.8, 4) is 11.6 Å². The van der Waals surface area contributed by atoms with E-state index in [1.165, 1.54) is 6.20 Å². The van der Waals surface area contributed by atoms with Crippen molar-refractivity contribution in [1.29, 1.82) is 0 Å². The van der Waals surface area contributed by atoms with Gasteiger partial charge in [0.15, 0.2) is 6.29 Å². The maximum absolute atomic E-state index is 10.6. The van der Waals surface area contributed by atoms with Crippen molar-refractivity contribution in [2.24, 2.45) is 0 Å². The standard InChI is InChI=1S/C14H12BrNO2/c1-9-6-12(15)3-4-13(9)18-14-10(2)5-11(8-17)7-16-14/h3-8H,1-2H3. The van der Waals surface area contributed by atoms with Gasteiger partial charge in [-0.05, 0) is 43.7 Å². The van der Waals surface area contributed by atoms with Gasteiger partial charge in [-0.2, -0.15) is 0 Å². The van der Waals surface area contributed by atoms with Crippen molar-refractivity contribution >= 4 is 22.2 Å². The Bertz CT molecular complexity index is 596. The van der Waals surface area contributed by atoms with Crippen molar-refractivity contribution in [3.63, 3.8) is 0 Å². The molecule has 0 saturated carbocycles. The predicted octanol–water partition coefficient (Wildman–Crippen LogP) is 4.07. The monoisotopic (exact) mass is 305 g/mol. The molecule has 2 rings (SSSR count). The molecule has 0 aliphatic carbocycles. The number of aryl methyl sites for hydroxylation is 2. The second-order valence-corrected chi connectivity index (χ2v) is 4.94. The predicted molar refractivity (Wildman–Crippen MR) is 73.3 cm³/mol. The van der Waals surface area contributed by atoms with Crippen LogP contribution in [-0.2, 0) is 0 Å². The first-order valence-corrected chi connectivity index (χ1v) is 6.25. The van der Waals surface area contributed by atoms with Crippen LogP contribution in [-0.4, -0.2) is 11.3 Å². The van der Waals surface area contributed by atoms with Gasteiger partial charge in [0.05, 0.1) is 0 Å². The van der Waals surface area contributed by atoms with Crippen LogP contribution in [0, 0.1) is 13.8 Å². The number of ether oxygens (including phenoxy) is 1. The number of carbonyl (C=O) groups is 1. The maximum atomic E-state index is 10.6. The van der Waals surface area contributed by atoms with Gasteiger partial charge in [0.2, 0.25) is 5.88 Å². The number of rotatable bonds is 3. The molecule has 0 saturated heterocycles. The Balaban J connectivity index is 2.31. The first kappa shape index (κ1) is 12.8. The average Bonchev–Trinajstić information content (AvgIpc) is 2.34. The van der Waals surface area contributed by atoms with Crippen molar-refractivity contribution < 1.29 is 9.53 Å². The Morgan fingerprint density at radius 2 is 2.00 bits per heavy atom. The molecule has 18 heavy (non-hydrogen) atoms. The smallest absolute Gasteiger partial charge is 0.222 e. The van der Waals surface area contributed by atoms with Gasteiger partial charge in [-0.25, -0.2) is 4.98 Å². The summed E-state index contributed by atoms with van der Waals surface area (Å²) in [7, 11) is 0. The number of carbonyl (C=O) groups excluding carboxylic acids is 1. The number of pyridine rings is 1. The lowest BCUT2D eigenvalue weighted by molar-refractivity contribution is 0.112. The van der Waals surface area contributed by atoms with Gasteiger partial charge >= 0.3 is 0 Å². The molecule has 1 aromatic heterocycles. The Kier molecular flexibility index (Phi) is 3.77. The molecule has 0 aliphatic rings. The number of aromatic nitrogens is 1. The fraction of sp³-hybridized carbons (Fsp3) is 0.143. The number of hydrogen-bond acceptors (Lipinski definition) is 3. The lowest BCUT2D eigenvalue weighted by Gasteiger charge is -2.10. The first-order chi connectivity index (χ1) is 8.60. The lowest BCUT2D eigenvalue weighted by atomic mass is 10.2. The van der Waals surface area contributed by atoms with E-state index in [-0.39, 0.29) is 0 Å². The lowest BCUT2D eigenvalue weighted by Crippen LogP contribution is -1.94. The van der Waals surface area contributed by atoms with E-state index in [0.29, 0.717) is 11.4 Å². The minimum Gasteiger partial charge on any atom is -0.438 e. The molecule has 3 nitrogen and oxygen atoms in total. The number of aldehydes is 1. The zero-order valence-corrected chi connectivity index (χ0v) is 11.7. The third-order valence-corrected chi connectivity index (χ3v) is 3.02. The van der Waals surface area contributed by atoms with E-state index in [1.807, 2.05) is 32.0 Å². The van der Waals surface area contributed by atoms with Gasteiger partial charge in [-0.3, -0.25) is 4.79 Å². The molecule has 0 atom stereocenters. The third kappa shape index (κ3) is 2.76. The summed E-state index contributed by atoms with van der Waals surface area (Å²) in [5.74, 6) is 1.28. The summed E-state index contributed by atoms with van der Waals surface area (Å²) < 4.78 is 6.75. The normalized spacial score (nSPS) is 10.2. The number of halogens is 1. The van der Waals surface area contributed by atoms with Crippen molar-refractivity contribution in [3.05, 3.63) is 51.6 Å². The average molecular weight is 306 g/mol. The molecule has 1 heterocycles. The topological polar surface area (TPSA) is 39.2 Å². The molecule has 0 aliphatic heterocycles. The molecule has 0 radical (unpaired) electrons. The van der Waals surface area contributed by atoms with Crippen LogP contribution < -0.4 is 4.74 Å². The summed E-state index contributed by atoms with van der Waals surface area (Å²) in [6, 6.07) is 7.53. The summed E-state index contributed by atoms with van der Waals surface area (Å²) in [4.78, 5) is 14.8. The van der Waals surface area contributed by atoms with Crippen LogP contribution in [0.25, 0.3) is 0 Å². The molecule has 92 valence electrons. The van der Waals surface area contributed by atoms with E-state index in [2.05, 4.69) is 20.9 Å². The molecule has 0 fully saturated rings. The summed E-state index contributed by atoms with van der Waals surface area (Å²) in [6.45, 7) is 3.83. The van der Waals surface area contributed by atoms with Gasteiger partial charge in [0.1, 0.15) is 5.75 Å². The van der Waals surface area contributed by atoms with E-state index < -0.39 is 0 Å². The van der Waals surface area contributed by atoms with Crippen LogP contribution in [0.1, 0.15) is 21.5 Å². The van der Waals surface area contributed by atoms with Crippen molar-refractivity contribution in [2.75, 3.05) is 0 Å². The summed E-state index contributed by atoms with van der Waals surface area (Å²) in [5.41, 5.74) is 2.40. The summed E-state index contributed by atoms with van der Waals surface area (Å²) in [5, 5.41) is 0.